The third kappa shape index (κ3) is 2.82. The molecule has 0 saturated carbocycles. The first-order valence-corrected chi connectivity index (χ1v) is 4.56. The maximum Gasteiger partial charge on any atom is 0.330 e. The average molecular weight is 200 g/mol. The summed E-state index contributed by atoms with van der Waals surface area (Å²) in [7, 11) is 1.34. The molecule has 1 saturated heterocycles. The number of ether oxygens (including phenoxy) is 3. The van der Waals surface area contributed by atoms with Crippen LogP contribution in [0, 0.1) is 0 Å². The predicted octanol–water partition coefficient (Wildman–Crippen LogP) is 1.26. The fourth-order valence-corrected chi connectivity index (χ4v) is 1.40. The molecule has 0 aliphatic carbocycles. The highest BCUT2D eigenvalue weighted by Gasteiger charge is 2.37. The summed E-state index contributed by atoms with van der Waals surface area (Å²) in [5, 5.41) is 0. The topological polar surface area (TPSA) is 44.8 Å². The van der Waals surface area contributed by atoms with Crippen molar-refractivity contribution in [1.29, 1.82) is 0 Å². The van der Waals surface area contributed by atoms with Gasteiger partial charge in [0.15, 0.2) is 5.79 Å². The van der Waals surface area contributed by atoms with Gasteiger partial charge in [-0.15, -0.1) is 0 Å². The van der Waals surface area contributed by atoms with Crippen molar-refractivity contribution in [3.8, 4) is 0 Å². The van der Waals surface area contributed by atoms with Gasteiger partial charge in [0.2, 0.25) is 0 Å². The fourth-order valence-electron chi connectivity index (χ4n) is 1.40. The van der Waals surface area contributed by atoms with Crippen LogP contribution >= 0.6 is 0 Å². The summed E-state index contributed by atoms with van der Waals surface area (Å²) in [4.78, 5) is 10.8. The van der Waals surface area contributed by atoms with Crippen LogP contribution in [-0.2, 0) is 19.0 Å². The van der Waals surface area contributed by atoms with E-state index >= 15 is 0 Å². The van der Waals surface area contributed by atoms with Gasteiger partial charge in [0.05, 0.1) is 13.2 Å². The summed E-state index contributed by atoms with van der Waals surface area (Å²) in [6.07, 6.45) is 2.77. The molecule has 1 aliphatic rings. The Morgan fingerprint density at radius 2 is 2.07 bits per heavy atom. The first-order chi connectivity index (χ1) is 6.44. The smallest absolute Gasteiger partial charge is 0.330 e. The van der Waals surface area contributed by atoms with E-state index in [9.17, 15) is 4.79 Å². The van der Waals surface area contributed by atoms with E-state index in [1.165, 1.54) is 13.2 Å². The van der Waals surface area contributed by atoms with Gasteiger partial charge in [-0.25, -0.2) is 4.79 Å². The largest absolute Gasteiger partial charge is 0.466 e. The lowest BCUT2D eigenvalue weighted by atomic mass is 10.2. The van der Waals surface area contributed by atoms with Gasteiger partial charge in [-0.3, -0.25) is 0 Å². The van der Waals surface area contributed by atoms with Crippen LogP contribution in [0.25, 0.3) is 0 Å². The molecule has 2 atom stereocenters. The fraction of sp³-hybridized carbons (Fsp3) is 0.700. The van der Waals surface area contributed by atoms with Crippen molar-refractivity contribution in [3.05, 3.63) is 12.2 Å². The molecule has 4 heteroatoms. The van der Waals surface area contributed by atoms with Crippen LogP contribution in [-0.4, -0.2) is 31.1 Å². The maximum atomic E-state index is 10.8. The Balaban J connectivity index is 2.55. The van der Waals surface area contributed by atoms with Crippen LogP contribution in [0.15, 0.2) is 12.2 Å². The predicted molar refractivity (Wildman–Crippen MR) is 50.7 cm³/mol. The van der Waals surface area contributed by atoms with E-state index in [-0.39, 0.29) is 18.2 Å². The lowest BCUT2D eigenvalue weighted by Crippen LogP contribution is -2.20. The van der Waals surface area contributed by atoms with Crippen LogP contribution < -0.4 is 0 Å². The van der Waals surface area contributed by atoms with Gasteiger partial charge in [-0.2, -0.15) is 0 Å². The number of carbonyl (C=O) groups excluding carboxylic acids is 1. The molecule has 14 heavy (non-hydrogen) atoms. The quantitative estimate of drug-likeness (QED) is 0.497. The first kappa shape index (κ1) is 11.2. The molecule has 1 rings (SSSR count). The summed E-state index contributed by atoms with van der Waals surface area (Å²) in [6.45, 7) is 5.59. The van der Waals surface area contributed by atoms with Crippen LogP contribution in [0.2, 0.25) is 0 Å². The maximum absolute atomic E-state index is 10.8. The lowest BCUT2D eigenvalue weighted by molar-refractivity contribution is -0.141. The van der Waals surface area contributed by atoms with Crippen molar-refractivity contribution in [3.63, 3.8) is 0 Å². The minimum absolute atomic E-state index is 0.0501. The highest BCUT2D eigenvalue weighted by atomic mass is 16.7. The van der Waals surface area contributed by atoms with E-state index in [1.807, 2.05) is 20.8 Å². The molecule has 0 N–H and O–H groups in total. The van der Waals surface area contributed by atoms with E-state index in [2.05, 4.69) is 4.74 Å². The van der Waals surface area contributed by atoms with Gasteiger partial charge in [0.25, 0.3) is 0 Å². The van der Waals surface area contributed by atoms with Crippen molar-refractivity contribution in [2.75, 3.05) is 7.11 Å². The molecular formula is C10H16O4. The zero-order valence-electron chi connectivity index (χ0n) is 8.94. The zero-order valence-corrected chi connectivity index (χ0v) is 8.94. The number of hydrogen-bond donors (Lipinski definition) is 0. The Hall–Kier alpha value is -0.870. The summed E-state index contributed by atoms with van der Waals surface area (Å²) in [6, 6.07) is 0. The molecule has 1 aliphatic heterocycles. The van der Waals surface area contributed by atoms with E-state index in [0.717, 1.165) is 0 Å². The van der Waals surface area contributed by atoms with Gasteiger partial charge < -0.3 is 14.2 Å². The molecule has 80 valence electrons. The van der Waals surface area contributed by atoms with Gasteiger partial charge >= 0.3 is 5.97 Å². The third-order valence-electron chi connectivity index (χ3n) is 1.98. The normalized spacial score (nSPS) is 30.9. The highest BCUT2D eigenvalue weighted by Crippen LogP contribution is 2.28. The molecule has 0 spiro atoms. The van der Waals surface area contributed by atoms with Crippen LogP contribution in [0.4, 0.5) is 0 Å². The highest BCUT2D eigenvalue weighted by molar-refractivity contribution is 5.81. The Labute approximate surface area is 83.8 Å². The van der Waals surface area contributed by atoms with Crippen LogP contribution in [0.1, 0.15) is 20.8 Å². The van der Waals surface area contributed by atoms with E-state index in [0.29, 0.717) is 0 Å². The molecule has 0 bridgehead atoms. The van der Waals surface area contributed by atoms with E-state index < -0.39 is 5.79 Å². The molecule has 4 nitrogen and oxygen atoms in total. The minimum atomic E-state index is -0.579. The van der Waals surface area contributed by atoms with Gasteiger partial charge in [-0.05, 0) is 26.8 Å². The summed E-state index contributed by atoms with van der Waals surface area (Å²) in [5.41, 5.74) is 0. The van der Waals surface area contributed by atoms with Crippen molar-refractivity contribution in [1.82, 2.24) is 0 Å². The Bertz CT molecular complexity index is 245. The minimum Gasteiger partial charge on any atom is -0.466 e. The van der Waals surface area contributed by atoms with E-state index in [1.54, 1.807) is 6.08 Å². The number of carbonyl (C=O) groups is 1. The Morgan fingerprint density at radius 3 is 2.50 bits per heavy atom. The van der Waals surface area contributed by atoms with Gasteiger partial charge in [-0.1, -0.05) is 0 Å². The SMILES string of the molecule is COC(=O)/C=C/[C@H]1OC(C)(C)O[C@H]1C. The monoisotopic (exact) mass is 200 g/mol. The summed E-state index contributed by atoms with van der Waals surface area (Å²) < 4.78 is 15.5. The summed E-state index contributed by atoms with van der Waals surface area (Å²) in [5.74, 6) is -0.963. The summed E-state index contributed by atoms with van der Waals surface area (Å²) >= 11 is 0. The van der Waals surface area contributed by atoms with Gasteiger partial charge in [0.1, 0.15) is 6.10 Å². The third-order valence-corrected chi connectivity index (χ3v) is 1.98. The molecule has 0 aromatic rings. The van der Waals surface area contributed by atoms with Crippen LogP contribution in [0.3, 0.4) is 0 Å². The molecule has 0 unspecified atom stereocenters. The average Bonchev–Trinajstić information content (AvgIpc) is 2.35. The van der Waals surface area contributed by atoms with E-state index in [4.69, 9.17) is 9.47 Å². The second kappa shape index (κ2) is 4.11. The second-order valence-electron chi connectivity index (χ2n) is 3.69. The molecule has 1 fully saturated rings. The molecule has 0 amide bonds. The molecule has 1 heterocycles. The molecule has 0 aromatic heterocycles. The lowest BCUT2D eigenvalue weighted by Gasteiger charge is -2.15. The van der Waals surface area contributed by atoms with Crippen molar-refractivity contribution in [2.24, 2.45) is 0 Å². The first-order valence-electron chi connectivity index (χ1n) is 4.56. The van der Waals surface area contributed by atoms with Crippen LogP contribution in [0.5, 0.6) is 0 Å². The molecular weight excluding hydrogens is 184 g/mol. The number of esters is 1. The number of rotatable bonds is 2. The van der Waals surface area contributed by atoms with Gasteiger partial charge in [0, 0.05) is 6.08 Å². The standard InChI is InChI=1S/C10H16O4/c1-7-8(5-6-9(11)12-4)14-10(2,3)13-7/h5-8H,1-4H3/b6-5+/t7-,8+/m0/s1. The second-order valence-corrected chi connectivity index (χ2v) is 3.69. The van der Waals surface area contributed by atoms with Crippen molar-refractivity contribution in [2.45, 2.75) is 38.8 Å². The molecule has 0 radical (unpaired) electrons. The van der Waals surface area contributed by atoms with Crippen molar-refractivity contribution < 1.29 is 19.0 Å². The Kier molecular flexibility index (Phi) is 3.29. The molecule has 0 aromatic carbocycles. The number of hydrogen-bond acceptors (Lipinski definition) is 4. The number of methoxy groups -OCH3 is 1. The Morgan fingerprint density at radius 1 is 1.43 bits per heavy atom. The zero-order chi connectivity index (χ0) is 10.8. The van der Waals surface area contributed by atoms with Crippen molar-refractivity contribution >= 4 is 5.97 Å².